The number of carbonyl (C=O) groups is 1. The first kappa shape index (κ1) is 12.2. The Bertz CT molecular complexity index is 533. The van der Waals surface area contributed by atoms with Gasteiger partial charge in [0, 0.05) is 19.5 Å². The number of nitrogens with one attached hydrogen (secondary N) is 1. The fraction of sp³-hybridized carbons (Fsp3) is 0.444. The van der Waals surface area contributed by atoms with Crippen LogP contribution in [0, 0.1) is 6.92 Å². The number of nitrogens with zero attached hydrogens (tertiary/aromatic N) is 5. The highest BCUT2D eigenvalue weighted by atomic mass is 16.4. The van der Waals surface area contributed by atoms with E-state index in [0.29, 0.717) is 18.9 Å². The molecule has 2 rings (SSSR count). The van der Waals surface area contributed by atoms with Crippen molar-refractivity contribution in [2.75, 3.05) is 11.9 Å². The zero-order valence-electron chi connectivity index (χ0n) is 9.83. The van der Waals surface area contributed by atoms with Crippen LogP contribution in [0.2, 0.25) is 0 Å². The summed E-state index contributed by atoms with van der Waals surface area (Å²) in [5, 5.41) is 17.4. The van der Waals surface area contributed by atoms with Crippen molar-refractivity contribution in [3.05, 3.63) is 17.8 Å². The monoisotopic (exact) mass is 251 g/mol. The Balaban J connectivity index is 1.90. The lowest BCUT2D eigenvalue weighted by Gasteiger charge is -1.99. The third kappa shape index (κ3) is 3.10. The Morgan fingerprint density at radius 3 is 3.00 bits per heavy atom. The first-order valence-electron chi connectivity index (χ1n) is 5.36. The molecule has 0 radical (unpaired) electrons. The normalized spacial score (nSPS) is 10.6. The number of hydrogen-bond acceptors (Lipinski definition) is 7. The maximum atomic E-state index is 11.6. The number of nitrogens with two attached hydrogens (primary N) is 1. The van der Waals surface area contributed by atoms with E-state index in [2.05, 4.69) is 25.8 Å². The number of aromatic nitrogens is 5. The van der Waals surface area contributed by atoms with E-state index < -0.39 is 0 Å². The third-order valence-electron chi connectivity index (χ3n) is 2.06. The highest BCUT2D eigenvalue weighted by molar-refractivity contribution is 5.88. The van der Waals surface area contributed by atoms with E-state index in [1.807, 2.05) is 0 Å². The van der Waals surface area contributed by atoms with Crippen molar-refractivity contribution in [3.8, 4) is 0 Å². The molecular weight excluding hydrogens is 238 g/mol. The summed E-state index contributed by atoms with van der Waals surface area (Å²) in [7, 11) is 0. The van der Waals surface area contributed by atoms with Gasteiger partial charge in [-0.25, -0.2) is 4.68 Å². The van der Waals surface area contributed by atoms with Crippen molar-refractivity contribution < 1.29 is 9.21 Å². The van der Waals surface area contributed by atoms with Crippen LogP contribution in [0.1, 0.15) is 11.6 Å². The minimum absolute atomic E-state index is 0.0268. The second-order valence-electron chi connectivity index (χ2n) is 3.62. The first-order chi connectivity index (χ1) is 8.67. The van der Waals surface area contributed by atoms with Crippen LogP contribution in [0.3, 0.4) is 0 Å². The van der Waals surface area contributed by atoms with Gasteiger partial charge in [-0.1, -0.05) is 10.3 Å². The molecule has 3 N–H and O–H groups in total. The number of rotatable bonds is 5. The van der Waals surface area contributed by atoms with Crippen LogP contribution in [0.4, 0.5) is 6.01 Å². The van der Waals surface area contributed by atoms with Crippen molar-refractivity contribution in [3.63, 3.8) is 0 Å². The lowest BCUT2D eigenvalue weighted by Crippen LogP contribution is -2.19. The Labute approximate surface area is 102 Å². The molecule has 2 heterocycles. The molecule has 0 spiro atoms. The average Bonchev–Trinajstić information content (AvgIpc) is 2.89. The van der Waals surface area contributed by atoms with Crippen molar-refractivity contribution in [1.29, 1.82) is 0 Å². The molecular formula is C9H13N7O2. The van der Waals surface area contributed by atoms with Crippen molar-refractivity contribution in [2.24, 2.45) is 5.73 Å². The zero-order chi connectivity index (χ0) is 13.0. The van der Waals surface area contributed by atoms with Crippen molar-refractivity contribution >= 4 is 11.9 Å². The minimum Gasteiger partial charge on any atom is -0.408 e. The summed E-state index contributed by atoms with van der Waals surface area (Å²) >= 11 is 0. The Kier molecular flexibility index (Phi) is 3.63. The van der Waals surface area contributed by atoms with Crippen LogP contribution in [-0.4, -0.2) is 37.6 Å². The zero-order valence-corrected chi connectivity index (χ0v) is 9.83. The molecule has 0 aliphatic heterocycles. The summed E-state index contributed by atoms with van der Waals surface area (Å²) < 4.78 is 6.44. The largest absolute Gasteiger partial charge is 0.408 e. The second-order valence-corrected chi connectivity index (χ2v) is 3.62. The highest BCUT2D eigenvalue weighted by Gasteiger charge is 2.09. The predicted octanol–water partition coefficient (Wildman–Crippen LogP) is -0.891. The standard InChI is InChI=1S/C9H13N7O2/c1-6-12-14-9(18-6)11-8(17)5-16-4-7(2-3-10)13-15-16/h4H,2-3,5,10H2,1H3,(H,11,14,17). The van der Waals surface area contributed by atoms with Gasteiger partial charge in [-0.3, -0.25) is 10.1 Å². The number of aryl methyl sites for hydroxylation is 1. The van der Waals surface area contributed by atoms with Crippen LogP contribution in [0.15, 0.2) is 10.6 Å². The Morgan fingerprint density at radius 1 is 1.50 bits per heavy atom. The number of carbonyl (C=O) groups excluding carboxylic acids is 1. The number of amides is 1. The summed E-state index contributed by atoms with van der Waals surface area (Å²) in [6.45, 7) is 2.16. The van der Waals surface area contributed by atoms with Gasteiger partial charge in [-0.15, -0.1) is 10.2 Å². The minimum atomic E-state index is -0.317. The van der Waals surface area contributed by atoms with Crippen LogP contribution in [-0.2, 0) is 17.8 Å². The fourth-order valence-electron chi connectivity index (χ4n) is 1.33. The van der Waals surface area contributed by atoms with Gasteiger partial charge in [0.2, 0.25) is 11.8 Å². The summed E-state index contributed by atoms with van der Waals surface area (Å²) in [6.07, 6.45) is 2.30. The molecule has 9 nitrogen and oxygen atoms in total. The Morgan fingerprint density at radius 2 is 2.33 bits per heavy atom. The van der Waals surface area contributed by atoms with Gasteiger partial charge in [-0.2, -0.15) is 0 Å². The number of anilines is 1. The average molecular weight is 251 g/mol. The molecule has 96 valence electrons. The summed E-state index contributed by atoms with van der Waals surface area (Å²) in [4.78, 5) is 11.6. The van der Waals surface area contributed by atoms with Crippen molar-refractivity contribution in [2.45, 2.75) is 19.9 Å². The molecule has 0 aliphatic carbocycles. The van der Waals surface area contributed by atoms with Gasteiger partial charge in [0.05, 0.1) is 5.69 Å². The molecule has 2 aromatic rings. The van der Waals surface area contributed by atoms with Gasteiger partial charge in [0.1, 0.15) is 6.54 Å². The molecule has 0 fully saturated rings. The van der Waals surface area contributed by atoms with Gasteiger partial charge in [0.15, 0.2) is 0 Å². The SMILES string of the molecule is Cc1nnc(NC(=O)Cn2cc(CCN)nn2)o1. The van der Waals surface area contributed by atoms with E-state index in [4.69, 9.17) is 10.2 Å². The highest BCUT2D eigenvalue weighted by Crippen LogP contribution is 2.03. The maximum absolute atomic E-state index is 11.6. The Hall–Kier alpha value is -2.29. The molecule has 0 bridgehead atoms. The number of hydrogen-bond donors (Lipinski definition) is 2. The van der Waals surface area contributed by atoms with E-state index >= 15 is 0 Å². The molecule has 9 heteroatoms. The molecule has 0 aromatic carbocycles. The summed E-state index contributed by atoms with van der Waals surface area (Å²) in [6, 6.07) is 0.0693. The molecule has 18 heavy (non-hydrogen) atoms. The van der Waals surface area contributed by atoms with E-state index in [-0.39, 0.29) is 18.5 Å². The lowest BCUT2D eigenvalue weighted by atomic mass is 10.3. The topological polar surface area (TPSA) is 125 Å². The van der Waals surface area contributed by atoms with Crippen LogP contribution >= 0.6 is 0 Å². The summed E-state index contributed by atoms with van der Waals surface area (Å²) in [5.41, 5.74) is 6.14. The first-order valence-corrected chi connectivity index (χ1v) is 5.36. The second kappa shape index (κ2) is 5.36. The van der Waals surface area contributed by atoms with Crippen LogP contribution in [0.5, 0.6) is 0 Å². The maximum Gasteiger partial charge on any atom is 0.322 e. The molecule has 1 amide bonds. The molecule has 0 aliphatic rings. The quantitative estimate of drug-likeness (QED) is 0.706. The molecule has 0 saturated carbocycles. The van der Waals surface area contributed by atoms with Gasteiger partial charge < -0.3 is 10.2 Å². The third-order valence-corrected chi connectivity index (χ3v) is 2.06. The summed E-state index contributed by atoms with van der Waals surface area (Å²) in [5.74, 6) is 0.0686. The molecule has 0 unspecified atom stereocenters. The fourth-order valence-corrected chi connectivity index (χ4v) is 1.33. The lowest BCUT2D eigenvalue weighted by molar-refractivity contribution is -0.117. The van der Waals surface area contributed by atoms with E-state index in [0.717, 1.165) is 5.69 Å². The van der Waals surface area contributed by atoms with Gasteiger partial charge in [-0.05, 0) is 6.54 Å². The molecule has 0 saturated heterocycles. The smallest absolute Gasteiger partial charge is 0.322 e. The van der Waals surface area contributed by atoms with Crippen molar-refractivity contribution in [1.82, 2.24) is 25.2 Å². The van der Waals surface area contributed by atoms with Gasteiger partial charge in [0.25, 0.3) is 0 Å². The van der Waals surface area contributed by atoms with Crippen LogP contribution in [0.25, 0.3) is 0 Å². The molecule has 2 aromatic heterocycles. The van der Waals surface area contributed by atoms with E-state index in [1.54, 1.807) is 13.1 Å². The van der Waals surface area contributed by atoms with E-state index in [9.17, 15) is 4.79 Å². The predicted molar refractivity (Wildman–Crippen MR) is 60.4 cm³/mol. The van der Waals surface area contributed by atoms with Crippen LogP contribution < -0.4 is 11.1 Å². The van der Waals surface area contributed by atoms with Gasteiger partial charge >= 0.3 is 6.01 Å². The van der Waals surface area contributed by atoms with E-state index in [1.165, 1.54) is 4.68 Å². The molecule has 0 atom stereocenters.